The number of azide groups is 1. The number of aliphatic hydroxyl groups excluding tert-OH is 1. The molecule has 2 aromatic rings. The van der Waals surface area contributed by atoms with Crippen molar-refractivity contribution in [2.24, 2.45) is 11.0 Å². The number of aliphatic hydroxyl groups is 1. The largest absolute Gasteiger partial charge is 0.449 e. The maximum atomic E-state index is 12.4. The van der Waals surface area contributed by atoms with Gasteiger partial charge in [0.15, 0.2) is 0 Å². The maximum Gasteiger partial charge on any atom is 0.407 e. The third kappa shape index (κ3) is 4.11. The lowest BCUT2D eigenvalue weighted by Gasteiger charge is -2.26. The number of amides is 1. The number of rotatable bonds is 7. The fourth-order valence-corrected chi connectivity index (χ4v) is 3.72. The Morgan fingerprint density at radius 2 is 1.75 bits per heavy atom. The molecule has 0 fully saturated rings. The molecule has 28 heavy (non-hydrogen) atoms. The number of alkyl carbamates (subject to hydrolysis) is 1. The quantitative estimate of drug-likeness (QED) is 0.426. The van der Waals surface area contributed by atoms with E-state index in [0.717, 1.165) is 22.3 Å². The van der Waals surface area contributed by atoms with Crippen molar-refractivity contribution in [2.45, 2.75) is 31.9 Å². The summed E-state index contributed by atoms with van der Waals surface area (Å²) in [5.41, 5.74) is 13.0. The number of nitrogens with zero attached hydrogens (tertiary/aromatic N) is 3. The number of hydrogen-bond acceptors (Lipinski definition) is 4. The van der Waals surface area contributed by atoms with Crippen LogP contribution in [0.3, 0.4) is 0 Å². The van der Waals surface area contributed by atoms with E-state index < -0.39 is 18.2 Å². The van der Waals surface area contributed by atoms with E-state index >= 15 is 0 Å². The van der Waals surface area contributed by atoms with Crippen LogP contribution in [0, 0.1) is 5.92 Å². The zero-order chi connectivity index (χ0) is 20.1. The van der Waals surface area contributed by atoms with E-state index in [2.05, 4.69) is 39.6 Å². The van der Waals surface area contributed by atoms with Crippen LogP contribution >= 0.6 is 0 Å². The van der Waals surface area contributed by atoms with Crippen molar-refractivity contribution in [3.8, 4) is 11.1 Å². The lowest BCUT2D eigenvalue weighted by atomic mass is 9.98. The van der Waals surface area contributed by atoms with Gasteiger partial charge in [-0.3, -0.25) is 0 Å². The second kappa shape index (κ2) is 8.78. The van der Waals surface area contributed by atoms with Gasteiger partial charge in [0.1, 0.15) is 6.61 Å². The third-order valence-electron chi connectivity index (χ3n) is 5.09. The van der Waals surface area contributed by atoms with Gasteiger partial charge in [-0.1, -0.05) is 67.5 Å². The smallest absolute Gasteiger partial charge is 0.407 e. The van der Waals surface area contributed by atoms with E-state index in [4.69, 9.17) is 10.3 Å². The first-order chi connectivity index (χ1) is 13.5. The number of hydrogen-bond donors (Lipinski definition) is 2. The molecule has 0 spiro atoms. The Morgan fingerprint density at radius 1 is 1.18 bits per heavy atom. The van der Waals surface area contributed by atoms with Crippen LogP contribution in [-0.2, 0) is 4.74 Å². The Bertz CT molecular complexity index is 847. The fraction of sp³-hybridized carbons (Fsp3) is 0.381. The zero-order valence-electron chi connectivity index (χ0n) is 15.9. The monoisotopic (exact) mass is 380 g/mol. The average molecular weight is 380 g/mol. The highest BCUT2D eigenvalue weighted by atomic mass is 16.5. The summed E-state index contributed by atoms with van der Waals surface area (Å²) in [6.07, 6.45) is -1.57. The minimum atomic E-state index is -0.976. The number of benzene rings is 2. The maximum absolute atomic E-state index is 12.4. The van der Waals surface area contributed by atoms with Gasteiger partial charge in [0.2, 0.25) is 0 Å². The molecule has 7 heteroatoms. The molecule has 2 aromatic carbocycles. The molecule has 1 aliphatic carbocycles. The Balaban J connectivity index is 1.68. The van der Waals surface area contributed by atoms with Crippen LogP contribution < -0.4 is 5.32 Å². The number of carbonyl (C=O) groups excluding carboxylic acids is 1. The predicted octanol–water partition coefficient (Wildman–Crippen LogP) is 4.22. The van der Waals surface area contributed by atoms with Crippen LogP contribution in [0.1, 0.15) is 30.9 Å². The van der Waals surface area contributed by atoms with Gasteiger partial charge in [-0.05, 0) is 33.7 Å². The number of fused-ring (bicyclic) bond motifs is 3. The van der Waals surface area contributed by atoms with Gasteiger partial charge in [-0.15, -0.1) is 0 Å². The van der Waals surface area contributed by atoms with Crippen molar-refractivity contribution < 1.29 is 14.6 Å². The van der Waals surface area contributed by atoms with Crippen molar-refractivity contribution in [1.29, 1.82) is 0 Å². The topological polar surface area (TPSA) is 107 Å². The van der Waals surface area contributed by atoms with Gasteiger partial charge in [-0.25, -0.2) is 4.79 Å². The number of ether oxygens (including phenoxy) is 1. The molecular weight excluding hydrogens is 356 g/mol. The second-order valence-electron chi connectivity index (χ2n) is 7.22. The molecule has 1 amide bonds. The molecule has 0 bridgehead atoms. The Labute approximate surface area is 164 Å². The van der Waals surface area contributed by atoms with Crippen molar-refractivity contribution in [1.82, 2.24) is 5.32 Å². The summed E-state index contributed by atoms with van der Waals surface area (Å²) in [6.45, 7) is 3.83. The third-order valence-corrected chi connectivity index (χ3v) is 5.09. The molecule has 1 aliphatic rings. The van der Waals surface area contributed by atoms with Gasteiger partial charge < -0.3 is 15.2 Å². The van der Waals surface area contributed by atoms with Crippen molar-refractivity contribution in [2.75, 3.05) is 13.2 Å². The van der Waals surface area contributed by atoms with Crippen molar-refractivity contribution >= 4 is 6.09 Å². The van der Waals surface area contributed by atoms with Crippen molar-refractivity contribution in [3.05, 3.63) is 70.1 Å². The van der Waals surface area contributed by atoms with E-state index in [1.54, 1.807) is 0 Å². The van der Waals surface area contributed by atoms with E-state index in [1.165, 1.54) is 0 Å². The summed E-state index contributed by atoms with van der Waals surface area (Å²) in [5, 5.41) is 16.2. The van der Waals surface area contributed by atoms with E-state index in [-0.39, 0.29) is 25.0 Å². The molecule has 3 rings (SSSR count). The molecule has 0 saturated heterocycles. The molecule has 7 nitrogen and oxygen atoms in total. The fourth-order valence-electron chi connectivity index (χ4n) is 3.72. The Kier molecular flexibility index (Phi) is 6.19. The van der Waals surface area contributed by atoms with Crippen LogP contribution in [0.25, 0.3) is 21.6 Å². The highest BCUT2D eigenvalue weighted by molar-refractivity contribution is 5.79. The number of nitrogens with one attached hydrogen (secondary N) is 1. The summed E-state index contributed by atoms with van der Waals surface area (Å²) < 4.78 is 5.51. The predicted molar refractivity (Wildman–Crippen MR) is 107 cm³/mol. The molecule has 0 aliphatic heterocycles. The van der Waals surface area contributed by atoms with Gasteiger partial charge in [-0.2, -0.15) is 0 Å². The summed E-state index contributed by atoms with van der Waals surface area (Å²) in [5.74, 6) is -0.0758. The lowest BCUT2D eigenvalue weighted by molar-refractivity contribution is 0.0923. The normalized spacial score (nSPS) is 14.6. The van der Waals surface area contributed by atoms with E-state index in [0.29, 0.717) is 0 Å². The highest BCUT2D eigenvalue weighted by Gasteiger charge is 2.30. The van der Waals surface area contributed by atoms with Gasteiger partial charge in [0, 0.05) is 10.8 Å². The SMILES string of the molecule is CC(C)[C@H](NC(=O)OCC1c2ccccc2-c2ccccc21)C(O)CN=[N+]=[N-]. The summed E-state index contributed by atoms with van der Waals surface area (Å²) in [7, 11) is 0. The minimum Gasteiger partial charge on any atom is -0.449 e. The molecule has 1 unspecified atom stereocenters. The Hall–Kier alpha value is -3.02. The highest BCUT2D eigenvalue weighted by Crippen LogP contribution is 2.44. The second-order valence-corrected chi connectivity index (χ2v) is 7.22. The standard InChI is InChI=1S/C21H24N4O3/c1-13(2)20(19(26)11-23-25-22)24-21(27)28-12-18-16-9-5-3-7-14(16)15-8-4-6-10-17(15)18/h3-10,13,18-20,26H,11-12H2,1-2H3,(H,24,27)/t19?,20-/m0/s1. The van der Waals surface area contributed by atoms with Gasteiger partial charge >= 0.3 is 6.09 Å². The summed E-state index contributed by atoms with van der Waals surface area (Å²) >= 11 is 0. The molecule has 0 aromatic heterocycles. The minimum absolute atomic E-state index is 0.0243. The average Bonchev–Trinajstić information content (AvgIpc) is 3.02. The first kappa shape index (κ1) is 19.7. The van der Waals surface area contributed by atoms with Crippen LogP contribution in [0.2, 0.25) is 0 Å². The molecule has 0 saturated carbocycles. The van der Waals surface area contributed by atoms with Crippen LogP contribution in [0.15, 0.2) is 53.6 Å². The van der Waals surface area contributed by atoms with Crippen LogP contribution in [0.5, 0.6) is 0 Å². The first-order valence-corrected chi connectivity index (χ1v) is 9.33. The zero-order valence-corrected chi connectivity index (χ0v) is 15.9. The molecular formula is C21H24N4O3. The van der Waals surface area contributed by atoms with Gasteiger partial charge in [0.05, 0.1) is 18.7 Å². The Morgan fingerprint density at radius 3 is 2.29 bits per heavy atom. The number of carbonyl (C=O) groups is 1. The first-order valence-electron chi connectivity index (χ1n) is 9.33. The molecule has 146 valence electrons. The van der Waals surface area contributed by atoms with E-state index in [1.807, 2.05) is 38.1 Å². The van der Waals surface area contributed by atoms with E-state index in [9.17, 15) is 9.90 Å². The van der Waals surface area contributed by atoms with Crippen LogP contribution in [0.4, 0.5) is 4.79 Å². The summed E-state index contributed by atoms with van der Waals surface area (Å²) in [4.78, 5) is 15.0. The lowest BCUT2D eigenvalue weighted by Crippen LogP contribution is -2.48. The molecule has 0 radical (unpaired) electrons. The summed E-state index contributed by atoms with van der Waals surface area (Å²) in [6, 6.07) is 15.7. The molecule has 2 atom stereocenters. The van der Waals surface area contributed by atoms with Gasteiger partial charge in [0.25, 0.3) is 0 Å². The molecule has 0 heterocycles. The van der Waals surface area contributed by atoms with Crippen molar-refractivity contribution in [3.63, 3.8) is 0 Å². The molecule has 2 N–H and O–H groups in total. The van der Waals surface area contributed by atoms with Crippen LogP contribution in [-0.4, -0.2) is 36.5 Å².